The summed E-state index contributed by atoms with van der Waals surface area (Å²) in [5.74, 6) is 0.867. The Labute approximate surface area is 69.4 Å². The van der Waals surface area contributed by atoms with Gasteiger partial charge < -0.3 is 4.74 Å². The summed E-state index contributed by atoms with van der Waals surface area (Å²) in [5.41, 5.74) is 1.27. The van der Waals surface area contributed by atoms with Gasteiger partial charge in [0.1, 0.15) is 0 Å². The van der Waals surface area contributed by atoms with E-state index in [-0.39, 0.29) is 0 Å². The molecule has 1 atom stereocenters. The fraction of sp³-hybridized carbons (Fsp3) is 0.800. The molecule has 0 aliphatic carbocycles. The number of ether oxygens (including phenoxy) is 1. The fourth-order valence-electron chi connectivity index (χ4n) is 1.61. The van der Waals surface area contributed by atoms with Crippen molar-refractivity contribution in [3.8, 4) is 0 Å². The van der Waals surface area contributed by atoms with Crippen molar-refractivity contribution in [1.82, 2.24) is 0 Å². The number of hydrogen-bond acceptors (Lipinski definition) is 1. The van der Waals surface area contributed by atoms with Gasteiger partial charge in [0, 0.05) is 6.61 Å². The normalized spacial score (nSPS) is 27.7. The van der Waals surface area contributed by atoms with E-state index in [0.717, 1.165) is 19.1 Å². The highest BCUT2D eigenvalue weighted by atomic mass is 16.5. The molecule has 1 aliphatic heterocycles. The van der Waals surface area contributed by atoms with Gasteiger partial charge in [-0.25, -0.2) is 0 Å². The molecule has 1 nitrogen and oxygen atoms in total. The molecule has 1 aliphatic rings. The monoisotopic (exact) mass is 154 g/mol. The SMILES string of the molecule is C=C1COCCCC(CC)C1. The van der Waals surface area contributed by atoms with E-state index in [9.17, 15) is 0 Å². The topological polar surface area (TPSA) is 9.23 Å². The summed E-state index contributed by atoms with van der Waals surface area (Å²) in [7, 11) is 0. The summed E-state index contributed by atoms with van der Waals surface area (Å²) >= 11 is 0. The fourth-order valence-corrected chi connectivity index (χ4v) is 1.61. The van der Waals surface area contributed by atoms with Crippen LogP contribution in [0.15, 0.2) is 12.2 Å². The quantitative estimate of drug-likeness (QED) is 0.528. The molecular weight excluding hydrogens is 136 g/mol. The standard InChI is InChI=1S/C10H18O/c1-3-10-5-4-6-11-8-9(2)7-10/h10H,2-8H2,1H3. The van der Waals surface area contributed by atoms with Crippen molar-refractivity contribution >= 4 is 0 Å². The third-order valence-electron chi connectivity index (χ3n) is 2.36. The van der Waals surface area contributed by atoms with E-state index >= 15 is 0 Å². The highest BCUT2D eigenvalue weighted by Gasteiger charge is 2.10. The lowest BCUT2D eigenvalue weighted by molar-refractivity contribution is 0.132. The van der Waals surface area contributed by atoms with Gasteiger partial charge in [-0.05, 0) is 25.2 Å². The number of hydrogen-bond donors (Lipinski definition) is 0. The lowest BCUT2D eigenvalue weighted by Gasteiger charge is -2.19. The second-order valence-corrected chi connectivity index (χ2v) is 3.42. The Morgan fingerprint density at radius 2 is 2.45 bits per heavy atom. The third kappa shape index (κ3) is 3.06. The Morgan fingerprint density at radius 1 is 1.64 bits per heavy atom. The lowest BCUT2D eigenvalue weighted by Crippen LogP contribution is -2.10. The van der Waals surface area contributed by atoms with Gasteiger partial charge in [0.2, 0.25) is 0 Å². The predicted octanol–water partition coefficient (Wildman–Crippen LogP) is 2.77. The van der Waals surface area contributed by atoms with Crippen LogP contribution in [0.2, 0.25) is 0 Å². The molecule has 1 saturated heterocycles. The van der Waals surface area contributed by atoms with Gasteiger partial charge in [-0.15, -0.1) is 0 Å². The Hall–Kier alpha value is -0.300. The van der Waals surface area contributed by atoms with Crippen LogP contribution in [0.1, 0.15) is 32.6 Å². The number of rotatable bonds is 1. The van der Waals surface area contributed by atoms with E-state index in [2.05, 4.69) is 13.5 Å². The van der Waals surface area contributed by atoms with Crippen molar-refractivity contribution in [2.45, 2.75) is 32.6 Å². The second-order valence-electron chi connectivity index (χ2n) is 3.42. The van der Waals surface area contributed by atoms with Gasteiger partial charge in [-0.2, -0.15) is 0 Å². The van der Waals surface area contributed by atoms with Gasteiger partial charge in [-0.1, -0.05) is 25.5 Å². The molecule has 0 saturated carbocycles. The van der Waals surface area contributed by atoms with Crippen LogP contribution in [0.4, 0.5) is 0 Å². The highest BCUT2D eigenvalue weighted by molar-refractivity contribution is 4.96. The minimum Gasteiger partial charge on any atom is -0.377 e. The first-order valence-corrected chi connectivity index (χ1v) is 4.57. The molecule has 64 valence electrons. The summed E-state index contributed by atoms with van der Waals surface area (Å²) in [4.78, 5) is 0. The largest absolute Gasteiger partial charge is 0.377 e. The average Bonchev–Trinajstić information content (AvgIpc) is 1.96. The van der Waals surface area contributed by atoms with Crippen molar-refractivity contribution < 1.29 is 4.74 Å². The lowest BCUT2D eigenvalue weighted by atomic mass is 9.92. The molecule has 0 bridgehead atoms. The molecule has 0 aromatic carbocycles. The maximum absolute atomic E-state index is 5.38. The van der Waals surface area contributed by atoms with Crippen molar-refractivity contribution in [2.24, 2.45) is 5.92 Å². The molecular formula is C10H18O. The molecule has 0 spiro atoms. The smallest absolute Gasteiger partial charge is 0.0674 e. The third-order valence-corrected chi connectivity index (χ3v) is 2.36. The van der Waals surface area contributed by atoms with Crippen LogP contribution in [0.3, 0.4) is 0 Å². The molecule has 0 N–H and O–H groups in total. The maximum Gasteiger partial charge on any atom is 0.0674 e. The van der Waals surface area contributed by atoms with Gasteiger partial charge >= 0.3 is 0 Å². The molecule has 0 aromatic rings. The van der Waals surface area contributed by atoms with Crippen LogP contribution in [0.5, 0.6) is 0 Å². The van der Waals surface area contributed by atoms with Crippen LogP contribution in [-0.4, -0.2) is 13.2 Å². The van der Waals surface area contributed by atoms with E-state index in [1.165, 1.54) is 31.3 Å². The average molecular weight is 154 g/mol. The summed E-state index contributed by atoms with van der Waals surface area (Å²) in [6.45, 7) is 7.97. The van der Waals surface area contributed by atoms with Crippen molar-refractivity contribution in [2.75, 3.05) is 13.2 Å². The summed E-state index contributed by atoms with van der Waals surface area (Å²) < 4.78 is 5.38. The minimum absolute atomic E-state index is 0.788. The molecule has 0 amide bonds. The van der Waals surface area contributed by atoms with Crippen LogP contribution in [0, 0.1) is 5.92 Å². The first-order valence-electron chi connectivity index (χ1n) is 4.57. The predicted molar refractivity (Wildman–Crippen MR) is 47.6 cm³/mol. The van der Waals surface area contributed by atoms with E-state index in [1.54, 1.807) is 0 Å². The summed E-state index contributed by atoms with van der Waals surface area (Å²) in [6, 6.07) is 0. The van der Waals surface area contributed by atoms with E-state index < -0.39 is 0 Å². The highest BCUT2D eigenvalue weighted by Crippen LogP contribution is 2.21. The molecule has 1 rings (SSSR count). The molecule has 0 aromatic heterocycles. The molecule has 1 heterocycles. The summed E-state index contributed by atoms with van der Waals surface area (Å²) in [6.07, 6.45) is 5.01. The zero-order valence-corrected chi connectivity index (χ0v) is 7.44. The second kappa shape index (κ2) is 4.55. The van der Waals surface area contributed by atoms with Crippen LogP contribution in [0.25, 0.3) is 0 Å². The Morgan fingerprint density at radius 3 is 3.18 bits per heavy atom. The Kier molecular flexibility index (Phi) is 3.64. The van der Waals surface area contributed by atoms with E-state index in [1.807, 2.05) is 0 Å². The van der Waals surface area contributed by atoms with Gasteiger partial charge in [0.05, 0.1) is 6.61 Å². The van der Waals surface area contributed by atoms with Crippen molar-refractivity contribution in [3.05, 3.63) is 12.2 Å². The molecule has 1 fully saturated rings. The van der Waals surface area contributed by atoms with E-state index in [4.69, 9.17) is 4.74 Å². The zero-order chi connectivity index (χ0) is 8.10. The van der Waals surface area contributed by atoms with Crippen molar-refractivity contribution in [1.29, 1.82) is 0 Å². The first-order chi connectivity index (χ1) is 5.33. The maximum atomic E-state index is 5.38. The first kappa shape index (κ1) is 8.79. The Bertz CT molecular complexity index is 129. The molecule has 11 heavy (non-hydrogen) atoms. The molecule has 1 heteroatoms. The molecule has 0 radical (unpaired) electrons. The molecule has 1 unspecified atom stereocenters. The van der Waals surface area contributed by atoms with Crippen molar-refractivity contribution in [3.63, 3.8) is 0 Å². The van der Waals surface area contributed by atoms with Crippen LogP contribution in [-0.2, 0) is 4.74 Å². The van der Waals surface area contributed by atoms with Crippen LogP contribution >= 0.6 is 0 Å². The van der Waals surface area contributed by atoms with Gasteiger partial charge in [0.25, 0.3) is 0 Å². The Balaban J connectivity index is 2.35. The zero-order valence-electron chi connectivity index (χ0n) is 7.44. The van der Waals surface area contributed by atoms with Gasteiger partial charge in [0.15, 0.2) is 0 Å². The summed E-state index contributed by atoms with van der Waals surface area (Å²) in [5, 5.41) is 0. The van der Waals surface area contributed by atoms with Crippen LogP contribution < -0.4 is 0 Å². The van der Waals surface area contributed by atoms with E-state index in [0.29, 0.717) is 0 Å². The minimum atomic E-state index is 0.788. The van der Waals surface area contributed by atoms with Gasteiger partial charge in [-0.3, -0.25) is 0 Å².